The van der Waals surface area contributed by atoms with Crippen molar-refractivity contribution >= 4 is 33.2 Å². The first-order valence-electron chi connectivity index (χ1n) is 11.4. The van der Waals surface area contributed by atoms with Gasteiger partial charge in [0.15, 0.2) is 11.4 Å². The third-order valence-corrected chi connectivity index (χ3v) is 6.42. The number of para-hydroxylation sites is 1. The second-order valence-electron chi connectivity index (χ2n) is 8.40. The highest BCUT2D eigenvalue weighted by Crippen LogP contribution is 2.42. The van der Waals surface area contributed by atoms with Crippen LogP contribution in [0.4, 0.5) is 11.4 Å². The fraction of sp³-hybridized carbons (Fsp3) is 0. The van der Waals surface area contributed by atoms with Gasteiger partial charge >= 0.3 is 0 Å². The van der Waals surface area contributed by atoms with Crippen molar-refractivity contribution < 1.29 is 0 Å². The first-order chi connectivity index (χ1) is 17.3. The first-order valence-corrected chi connectivity index (χ1v) is 11.4. The Kier molecular flexibility index (Phi) is 4.88. The van der Waals surface area contributed by atoms with Crippen LogP contribution in [0, 0.1) is 13.1 Å². The van der Waals surface area contributed by atoms with Crippen LogP contribution in [0.2, 0.25) is 0 Å². The monoisotopic (exact) mass is 445 g/mol. The smallest absolute Gasteiger partial charge is 0.188 e. The minimum atomic E-state index is 0.587. The van der Waals surface area contributed by atoms with E-state index in [0.29, 0.717) is 11.4 Å². The maximum atomic E-state index is 7.54. The van der Waals surface area contributed by atoms with Crippen molar-refractivity contribution in [2.75, 3.05) is 0 Å². The van der Waals surface area contributed by atoms with Crippen molar-refractivity contribution in [1.29, 1.82) is 0 Å². The van der Waals surface area contributed by atoms with Crippen LogP contribution in [0.3, 0.4) is 0 Å². The number of rotatable bonds is 3. The Morgan fingerprint density at radius 3 is 1.37 bits per heavy atom. The summed E-state index contributed by atoms with van der Waals surface area (Å²) in [5.41, 5.74) is 8.77. The minimum Gasteiger partial charge on any atom is -0.308 e. The van der Waals surface area contributed by atoms with Crippen molar-refractivity contribution in [3.63, 3.8) is 0 Å². The highest BCUT2D eigenvalue weighted by atomic mass is 15.0. The molecule has 0 unspecified atom stereocenters. The number of aromatic nitrogens is 1. The molecule has 0 atom stereocenters. The highest BCUT2D eigenvalue weighted by Gasteiger charge is 2.20. The standard InChI is InChI=1S/C32H19N3/c1-33-24-16-18-30-28(20-24)29-21-25(34-2)17-19-31(29)35(30)32-26(22-10-5-3-6-11-22)14-9-15-27(32)23-12-7-4-8-13-23/h3-21H. The Labute approximate surface area is 203 Å². The summed E-state index contributed by atoms with van der Waals surface area (Å²) in [6.07, 6.45) is 0. The molecule has 0 saturated carbocycles. The fourth-order valence-corrected chi connectivity index (χ4v) is 4.86. The van der Waals surface area contributed by atoms with Gasteiger partial charge in [0, 0.05) is 11.1 Å². The molecule has 0 aliphatic heterocycles. The molecular formula is C32H19N3. The van der Waals surface area contributed by atoms with E-state index in [4.69, 9.17) is 13.1 Å². The molecule has 3 nitrogen and oxygen atoms in total. The summed E-state index contributed by atoms with van der Waals surface area (Å²) in [6, 6.07) is 38.9. The highest BCUT2D eigenvalue weighted by molar-refractivity contribution is 6.12. The summed E-state index contributed by atoms with van der Waals surface area (Å²) in [4.78, 5) is 7.33. The summed E-state index contributed by atoms with van der Waals surface area (Å²) in [6.45, 7) is 15.1. The molecule has 0 bridgehead atoms. The van der Waals surface area contributed by atoms with E-state index in [1.807, 2.05) is 48.5 Å². The van der Waals surface area contributed by atoms with Crippen LogP contribution in [-0.2, 0) is 0 Å². The zero-order valence-electron chi connectivity index (χ0n) is 18.8. The van der Waals surface area contributed by atoms with E-state index in [1.54, 1.807) is 0 Å². The Morgan fingerprint density at radius 1 is 0.486 bits per heavy atom. The predicted molar refractivity (Wildman–Crippen MR) is 144 cm³/mol. The lowest BCUT2D eigenvalue weighted by atomic mass is 9.95. The molecule has 0 amide bonds. The third kappa shape index (κ3) is 3.35. The summed E-state index contributed by atoms with van der Waals surface area (Å²) < 4.78 is 2.29. The molecule has 0 fully saturated rings. The zero-order valence-corrected chi connectivity index (χ0v) is 18.8. The van der Waals surface area contributed by atoms with Crippen LogP contribution in [0.1, 0.15) is 0 Å². The fourth-order valence-electron chi connectivity index (χ4n) is 4.86. The lowest BCUT2D eigenvalue weighted by molar-refractivity contribution is 1.18. The molecule has 1 heterocycles. The molecule has 6 rings (SSSR count). The van der Waals surface area contributed by atoms with Crippen LogP contribution in [0.5, 0.6) is 0 Å². The molecule has 0 spiro atoms. The topological polar surface area (TPSA) is 13.7 Å². The van der Waals surface area contributed by atoms with Crippen LogP contribution in [0.25, 0.3) is 59.4 Å². The van der Waals surface area contributed by atoms with Gasteiger partial charge in [0.25, 0.3) is 0 Å². The van der Waals surface area contributed by atoms with Crippen LogP contribution in [0.15, 0.2) is 115 Å². The molecule has 0 aliphatic rings. The molecule has 35 heavy (non-hydrogen) atoms. The number of hydrogen-bond acceptors (Lipinski definition) is 0. The van der Waals surface area contributed by atoms with Gasteiger partial charge in [0.2, 0.25) is 0 Å². The number of hydrogen-bond donors (Lipinski definition) is 0. The Hall–Kier alpha value is -5.12. The molecule has 0 aliphatic carbocycles. The van der Waals surface area contributed by atoms with E-state index in [-0.39, 0.29) is 0 Å². The summed E-state index contributed by atoms with van der Waals surface area (Å²) in [5.74, 6) is 0. The average Bonchev–Trinajstić information content (AvgIpc) is 3.26. The van der Waals surface area contributed by atoms with E-state index in [0.717, 1.165) is 49.7 Å². The largest absolute Gasteiger partial charge is 0.308 e. The van der Waals surface area contributed by atoms with Crippen molar-refractivity contribution in [1.82, 2.24) is 4.57 Å². The van der Waals surface area contributed by atoms with Gasteiger partial charge in [-0.3, -0.25) is 0 Å². The Balaban J connectivity index is 1.81. The predicted octanol–water partition coefficient (Wildman–Crippen LogP) is 9.22. The third-order valence-electron chi connectivity index (χ3n) is 6.42. The minimum absolute atomic E-state index is 0.587. The number of benzene rings is 5. The van der Waals surface area contributed by atoms with Gasteiger partial charge in [0.05, 0.1) is 29.9 Å². The van der Waals surface area contributed by atoms with Gasteiger partial charge in [0.1, 0.15) is 0 Å². The van der Waals surface area contributed by atoms with E-state index >= 15 is 0 Å². The van der Waals surface area contributed by atoms with Crippen molar-refractivity contribution in [3.05, 3.63) is 138 Å². The van der Waals surface area contributed by atoms with E-state index in [2.05, 4.69) is 81.0 Å². The molecule has 1 aromatic heterocycles. The first kappa shape index (κ1) is 20.5. The van der Waals surface area contributed by atoms with E-state index < -0.39 is 0 Å². The van der Waals surface area contributed by atoms with Gasteiger partial charge in [-0.2, -0.15) is 0 Å². The van der Waals surface area contributed by atoms with Gasteiger partial charge in [-0.25, -0.2) is 9.69 Å². The molecule has 3 heteroatoms. The van der Waals surface area contributed by atoms with Crippen LogP contribution in [-0.4, -0.2) is 4.57 Å². The van der Waals surface area contributed by atoms with Crippen molar-refractivity contribution in [2.45, 2.75) is 0 Å². The molecule has 162 valence electrons. The molecule has 5 aromatic carbocycles. The molecule has 0 N–H and O–H groups in total. The zero-order chi connectivity index (χ0) is 23.8. The van der Waals surface area contributed by atoms with Gasteiger partial charge in [-0.1, -0.05) is 91.0 Å². The van der Waals surface area contributed by atoms with Crippen molar-refractivity contribution in [2.24, 2.45) is 0 Å². The van der Waals surface area contributed by atoms with Crippen molar-refractivity contribution in [3.8, 4) is 27.9 Å². The van der Waals surface area contributed by atoms with Gasteiger partial charge in [-0.05, 0) is 46.2 Å². The van der Waals surface area contributed by atoms with E-state index in [9.17, 15) is 0 Å². The maximum Gasteiger partial charge on any atom is 0.188 e. The number of fused-ring (bicyclic) bond motifs is 3. The summed E-state index contributed by atoms with van der Waals surface area (Å²) in [7, 11) is 0. The SMILES string of the molecule is [C-]#[N+]c1ccc2c(c1)c1cc([N+]#[C-])ccc1n2-c1c(-c2ccccc2)cccc1-c1ccccc1. The lowest BCUT2D eigenvalue weighted by Gasteiger charge is -2.19. The number of nitrogens with zero attached hydrogens (tertiary/aromatic N) is 3. The molecule has 0 radical (unpaired) electrons. The molecule has 0 saturated heterocycles. The van der Waals surface area contributed by atoms with Gasteiger partial charge < -0.3 is 4.57 Å². The Morgan fingerprint density at radius 2 is 0.943 bits per heavy atom. The second kappa shape index (κ2) is 8.34. The normalized spacial score (nSPS) is 10.8. The molecule has 6 aromatic rings. The summed E-state index contributed by atoms with van der Waals surface area (Å²) >= 11 is 0. The quantitative estimate of drug-likeness (QED) is 0.241. The lowest BCUT2D eigenvalue weighted by Crippen LogP contribution is -2.00. The maximum absolute atomic E-state index is 7.54. The Bertz CT molecular complexity index is 1670. The van der Waals surface area contributed by atoms with E-state index in [1.165, 1.54) is 0 Å². The molecular weight excluding hydrogens is 426 g/mol. The average molecular weight is 446 g/mol. The van der Waals surface area contributed by atoms with Gasteiger partial charge in [-0.15, -0.1) is 0 Å². The summed E-state index contributed by atoms with van der Waals surface area (Å²) in [5, 5.41) is 1.95. The second-order valence-corrected chi connectivity index (χ2v) is 8.40. The van der Waals surface area contributed by atoms with Crippen LogP contribution < -0.4 is 0 Å². The van der Waals surface area contributed by atoms with Crippen LogP contribution >= 0.6 is 0 Å².